The van der Waals surface area contributed by atoms with E-state index in [1.54, 1.807) is 36.1 Å². The van der Waals surface area contributed by atoms with Crippen molar-refractivity contribution in [2.45, 2.75) is 19.4 Å². The molecule has 9 heteroatoms. The molecule has 0 spiro atoms. The Kier molecular flexibility index (Phi) is 7.45. The molecule has 2 aromatic rings. The summed E-state index contributed by atoms with van der Waals surface area (Å²) in [6.45, 7) is 1.70. The zero-order valence-electron chi connectivity index (χ0n) is 17.7. The summed E-state index contributed by atoms with van der Waals surface area (Å²) in [5.41, 5.74) is 1.38. The number of anilines is 1. The van der Waals surface area contributed by atoms with Crippen LogP contribution in [0.3, 0.4) is 0 Å². The largest absolute Gasteiger partial charge is 0.506 e. The maximum Gasteiger partial charge on any atom is 0.329 e. The van der Waals surface area contributed by atoms with Crippen LogP contribution in [0.5, 0.6) is 5.75 Å². The highest BCUT2D eigenvalue weighted by atomic mass is 16.5. The van der Waals surface area contributed by atoms with Crippen molar-refractivity contribution < 1.29 is 34.4 Å². The number of esters is 1. The first kappa shape index (κ1) is 23.2. The van der Waals surface area contributed by atoms with E-state index in [-0.39, 0.29) is 56.2 Å². The number of carbonyl (C=O) groups excluding carboxylic acids is 3. The molecule has 32 heavy (non-hydrogen) atoms. The second-order valence-corrected chi connectivity index (χ2v) is 7.26. The van der Waals surface area contributed by atoms with E-state index in [0.717, 1.165) is 4.90 Å². The number of nitrogens with zero attached hydrogens (tertiary/aromatic N) is 2. The highest BCUT2D eigenvalue weighted by Crippen LogP contribution is 2.31. The second kappa shape index (κ2) is 10.3. The molecule has 0 aliphatic carbocycles. The van der Waals surface area contributed by atoms with E-state index in [2.05, 4.69) is 0 Å². The van der Waals surface area contributed by atoms with Gasteiger partial charge in [0.15, 0.2) is 0 Å². The van der Waals surface area contributed by atoms with Gasteiger partial charge in [0, 0.05) is 19.5 Å². The summed E-state index contributed by atoms with van der Waals surface area (Å²) in [6, 6.07) is 9.80. The van der Waals surface area contributed by atoms with Crippen LogP contribution in [0, 0.1) is 0 Å². The van der Waals surface area contributed by atoms with Crippen LogP contribution in [-0.4, -0.2) is 77.0 Å². The molecule has 0 aromatic heterocycles. The van der Waals surface area contributed by atoms with Crippen LogP contribution in [0.1, 0.15) is 33.2 Å². The molecule has 1 aliphatic heterocycles. The molecular weight excluding hydrogens is 416 g/mol. The molecule has 0 bridgehead atoms. The number of rotatable bonds is 10. The van der Waals surface area contributed by atoms with Crippen molar-refractivity contribution in [1.82, 2.24) is 4.90 Å². The molecule has 1 atom stereocenters. The van der Waals surface area contributed by atoms with Crippen LogP contribution in [0.2, 0.25) is 0 Å². The van der Waals surface area contributed by atoms with Gasteiger partial charge < -0.3 is 25.0 Å². The Morgan fingerprint density at radius 2 is 1.62 bits per heavy atom. The molecule has 1 aliphatic rings. The molecule has 170 valence electrons. The van der Waals surface area contributed by atoms with Crippen LogP contribution in [0.4, 0.5) is 5.69 Å². The fourth-order valence-corrected chi connectivity index (χ4v) is 3.78. The number of aliphatic hydroxyl groups is 2. The lowest BCUT2D eigenvalue weighted by Gasteiger charge is -2.27. The van der Waals surface area contributed by atoms with Crippen molar-refractivity contribution in [3.63, 3.8) is 0 Å². The van der Waals surface area contributed by atoms with E-state index in [4.69, 9.17) is 4.74 Å². The maximum atomic E-state index is 12.9. The fourth-order valence-electron chi connectivity index (χ4n) is 3.78. The number of phenols is 1. The van der Waals surface area contributed by atoms with E-state index < -0.39 is 23.8 Å². The lowest BCUT2D eigenvalue weighted by molar-refractivity contribution is -0.147. The van der Waals surface area contributed by atoms with Crippen LogP contribution in [0.25, 0.3) is 0 Å². The third-order valence-corrected chi connectivity index (χ3v) is 5.25. The van der Waals surface area contributed by atoms with Gasteiger partial charge in [-0.15, -0.1) is 0 Å². The maximum absolute atomic E-state index is 12.9. The smallest absolute Gasteiger partial charge is 0.329 e. The standard InChI is InChI=1S/C23H26N2O7/c1-2-32-23(31)19(25-21(29)16-5-3-4-6-17(16)22(25)30)14-15-7-8-20(28)18(13-15)24(9-11-26)10-12-27/h3-8,13,19,26-28H,2,9-12,14H2,1H3/t19-/m0/s1. The van der Waals surface area contributed by atoms with Crippen molar-refractivity contribution >= 4 is 23.5 Å². The summed E-state index contributed by atoms with van der Waals surface area (Å²) in [5.74, 6) is -1.90. The fraction of sp³-hybridized carbons (Fsp3) is 0.348. The number of imide groups is 1. The number of hydrogen-bond acceptors (Lipinski definition) is 8. The van der Waals surface area contributed by atoms with Gasteiger partial charge in [-0.2, -0.15) is 0 Å². The molecule has 0 saturated carbocycles. The predicted molar refractivity (Wildman–Crippen MR) is 116 cm³/mol. The number of fused-ring (bicyclic) bond motifs is 1. The summed E-state index contributed by atoms with van der Waals surface area (Å²) in [6.07, 6.45) is -0.0241. The third-order valence-electron chi connectivity index (χ3n) is 5.25. The van der Waals surface area contributed by atoms with E-state index in [0.29, 0.717) is 11.3 Å². The quantitative estimate of drug-likeness (QED) is 0.367. The molecule has 2 amide bonds. The molecule has 9 nitrogen and oxygen atoms in total. The SMILES string of the molecule is CCOC(=O)[C@H](Cc1ccc(O)c(N(CCO)CCO)c1)N1C(=O)c2ccccc2C1=O. The van der Waals surface area contributed by atoms with Gasteiger partial charge in [-0.05, 0) is 36.8 Å². The van der Waals surface area contributed by atoms with Crippen molar-refractivity contribution in [3.05, 3.63) is 59.2 Å². The summed E-state index contributed by atoms with van der Waals surface area (Å²) >= 11 is 0. The Labute approximate surface area is 185 Å². The van der Waals surface area contributed by atoms with Crippen molar-refractivity contribution in [2.24, 2.45) is 0 Å². The van der Waals surface area contributed by atoms with Gasteiger partial charge in [0.2, 0.25) is 0 Å². The molecule has 0 radical (unpaired) electrons. The number of aliphatic hydroxyl groups excluding tert-OH is 2. The van der Waals surface area contributed by atoms with Gasteiger partial charge >= 0.3 is 5.97 Å². The average molecular weight is 442 g/mol. The molecule has 0 saturated heterocycles. The molecule has 0 unspecified atom stereocenters. The number of aromatic hydroxyl groups is 1. The summed E-state index contributed by atoms with van der Waals surface area (Å²) < 4.78 is 5.15. The number of phenolic OH excluding ortho intramolecular Hbond substituents is 1. The number of amides is 2. The number of ether oxygens (including phenoxy) is 1. The summed E-state index contributed by atoms with van der Waals surface area (Å²) in [4.78, 5) is 41.2. The average Bonchev–Trinajstić information content (AvgIpc) is 3.03. The van der Waals surface area contributed by atoms with Gasteiger partial charge in [-0.1, -0.05) is 18.2 Å². The predicted octanol–water partition coefficient (Wildman–Crippen LogP) is 0.954. The van der Waals surface area contributed by atoms with E-state index >= 15 is 0 Å². The first-order chi connectivity index (χ1) is 15.4. The first-order valence-corrected chi connectivity index (χ1v) is 10.3. The zero-order chi connectivity index (χ0) is 23.3. The number of hydrogen-bond donors (Lipinski definition) is 3. The minimum atomic E-state index is -1.19. The topological polar surface area (TPSA) is 128 Å². The van der Waals surface area contributed by atoms with E-state index in [9.17, 15) is 29.7 Å². The Morgan fingerprint density at radius 3 is 2.16 bits per heavy atom. The highest BCUT2D eigenvalue weighted by Gasteiger charge is 2.43. The van der Waals surface area contributed by atoms with Crippen LogP contribution >= 0.6 is 0 Å². The summed E-state index contributed by atoms with van der Waals surface area (Å²) in [7, 11) is 0. The first-order valence-electron chi connectivity index (χ1n) is 10.3. The number of benzene rings is 2. The second-order valence-electron chi connectivity index (χ2n) is 7.26. The molecule has 2 aromatic carbocycles. The van der Waals surface area contributed by atoms with Crippen LogP contribution < -0.4 is 4.90 Å². The number of carbonyl (C=O) groups is 3. The normalized spacial score (nSPS) is 13.8. The molecule has 1 heterocycles. The van der Waals surface area contributed by atoms with E-state index in [1.807, 2.05) is 0 Å². The lowest BCUT2D eigenvalue weighted by Crippen LogP contribution is -2.47. The Morgan fingerprint density at radius 1 is 1.03 bits per heavy atom. The monoisotopic (exact) mass is 442 g/mol. The van der Waals surface area contributed by atoms with Crippen molar-refractivity contribution in [3.8, 4) is 5.75 Å². The van der Waals surface area contributed by atoms with Crippen LogP contribution in [-0.2, 0) is 16.0 Å². The van der Waals surface area contributed by atoms with E-state index in [1.165, 1.54) is 18.2 Å². The minimum Gasteiger partial charge on any atom is -0.506 e. The van der Waals surface area contributed by atoms with Crippen LogP contribution in [0.15, 0.2) is 42.5 Å². The van der Waals surface area contributed by atoms with Gasteiger partial charge in [-0.25, -0.2) is 4.79 Å². The molecular formula is C23H26N2O7. The molecule has 3 N–H and O–H groups in total. The third kappa shape index (κ3) is 4.58. The Hall–Kier alpha value is -3.43. The zero-order valence-corrected chi connectivity index (χ0v) is 17.7. The minimum absolute atomic E-state index is 0.0241. The van der Waals surface area contributed by atoms with Gasteiger partial charge in [0.05, 0.1) is 36.6 Å². The van der Waals surface area contributed by atoms with Gasteiger partial charge in [-0.3, -0.25) is 14.5 Å². The van der Waals surface area contributed by atoms with Gasteiger partial charge in [0.25, 0.3) is 11.8 Å². The summed E-state index contributed by atoms with van der Waals surface area (Å²) in [5, 5.41) is 28.9. The van der Waals surface area contributed by atoms with Crippen molar-refractivity contribution in [1.29, 1.82) is 0 Å². The van der Waals surface area contributed by atoms with Gasteiger partial charge in [0.1, 0.15) is 11.8 Å². The Balaban J connectivity index is 1.96. The van der Waals surface area contributed by atoms with Crippen molar-refractivity contribution in [2.75, 3.05) is 37.8 Å². The lowest BCUT2D eigenvalue weighted by atomic mass is 10.0. The molecule has 3 rings (SSSR count). The Bertz CT molecular complexity index is 967. The highest BCUT2D eigenvalue weighted by molar-refractivity contribution is 6.22. The molecule has 0 fully saturated rings.